The van der Waals surface area contributed by atoms with Crippen LogP contribution >= 0.6 is 28.1 Å². The van der Waals surface area contributed by atoms with Gasteiger partial charge in [0.25, 0.3) is 5.91 Å². The molecule has 1 amide bonds. The number of rotatable bonds is 5. The molecule has 26 heavy (non-hydrogen) atoms. The predicted octanol–water partition coefficient (Wildman–Crippen LogP) is 4.48. The molecule has 0 aliphatic carbocycles. The van der Waals surface area contributed by atoms with Crippen molar-refractivity contribution in [2.45, 2.75) is 13.8 Å². The monoisotopic (exact) mass is 431 g/mol. The Bertz CT molecular complexity index is 862. The van der Waals surface area contributed by atoms with E-state index in [9.17, 15) is 4.79 Å². The number of carbonyl (C=O) groups is 1. The quantitative estimate of drug-likeness (QED) is 0.682. The first-order chi connectivity index (χ1) is 12.4. The number of amides is 1. The molecule has 0 aliphatic heterocycles. The maximum absolute atomic E-state index is 12.6. The second-order valence-corrected chi connectivity index (χ2v) is 7.27. The first kappa shape index (κ1) is 19.9. The maximum atomic E-state index is 12.6. The maximum Gasteiger partial charge on any atom is 0.261 e. The third-order valence-electron chi connectivity index (χ3n) is 3.24. The van der Waals surface area contributed by atoms with E-state index in [1.807, 2.05) is 19.9 Å². The molecule has 0 aromatic heterocycles. The summed E-state index contributed by atoms with van der Waals surface area (Å²) < 4.78 is 6.49. The number of thiocarbonyl (C=S) groups is 1. The number of carbonyl (C=O) groups excluding carboxylic acids is 1. The fraction of sp³-hybridized carbons (Fsp3) is 0.211. The highest BCUT2D eigenvalue weighted by molar-refractivity contribution is 9.10. The summed E-state index contributed by atoms with van der Waals surface area (Å²) >= 11 is 8.56. The standard InChI is InChI=1S/C19H18BrN3O2S/c1-12(2)11-25-17-7-6-14(20)9-16(17)18(24)23-19(26)22-15-5-3-4-13(8-15)10-21/h3-9,12H,11H2,1-2H3,(H2,22,23,24,26). The van der Waals surface area contributed by atoms with Gasteiger partial charge in [-0.15, -0.1) is 0 Å². The zero-order valence-electron chi connectivity index (χ0n) is 14.4. The van der Waals surface area contributed by atoms with Crippen LogP contribution < -0.4 is 15.4 Å². The van der Waals surface area contributed by atoms with Crippen molar-refractivity contribution < 1.29 is 9.53 Å². The van der Waals surface area contributed by atoms with Gasteiger partial charge in [-0.25, -0.2) is 0 Å². The first-order valence-corrected chi connectivity index (χ1v) is 9.14. The zero-order chi connectivity index (χ0) is 19.1. The summed E-state index contributed by atoms with van der Waals surface area (Å²) in [4.78, 5) is 12.6. The number of halogens is 1. The number of nitriles is 1. The molecule has 2 aromatic carbocycles. The Hall–Kier alpha value is -2.43. The highest BCUT2D eigenvalue weighted by atomic mass is 79.9. The van der Waals surface area contributed by atoms with E-state index in [1.54, 1.807) is 36.4 Å². The van der Waals surface area contributed by atoms with Crippen LogP contribution in [0, 0.1) is 17.2 Å². The zero-order valence-corrected chi connectivity index (χ0v) is 16.8. The first-order valence-electron chi connectivity index (χ1n) is 7.94. The van der Waals surface area contributed by atoms with Crippen LogP contribution in [-0.2, 0) is 0 Å². The summed E-state index contributed by atoms with van der Waals surface area (Å²) in [5.74, 6) is 0.456. The fourth-order valence-electron chi connectivity index (χ4n) is 2.06. The molecule has 5 nitrogen and oxygen atoms in total. The van der Waals surface area contributed by atoms with Gasteiger partial charge in [0.2, 0.25) is 0 Å². The van der Waals surface area contributed by atoms with Gasteiger partial charge in [0, 0.05) is 10.2 Å². The number of nitrogens with zero attached hydrogens (tertiary/aromatic N) is 1. The Morgan fingerprint density at radius 1 is 1.31 bits per heavy atom. The molecule has 2 aromatic rings. The summed E-state index contributed by atoms with van der Waals surface area (Å²) in [6, 6.07) is 14.1. The molecule has 0 fully saturated rings. The van der Waals surface area contributed by atoms with Gasteiger partial charge in [-0.1, -0.05) is 35.8 Å². The van der Waals surface area contributed by atoms with Crippen molar-refractivity contribution in [3.63, 3.8) is 0 Å². The normalized spacial score (nSPS) is 10.1. The summed E-state index contributed by atoms with van der Waals surface area (Å²) in [7, 11) is 0. The number of hydrogen-bond donors (Lipinski definition) is 2. The van der Waals surface area contributed by atoms with Crippen LogP contribution in [0.5, 0.6) is 5.75 Å². The molecule has 0 heterocycles. The molecule has 2 rings (SSSR count). The predicted molar refractivity (Wildman–Crippen MR) is 109 cm³/mol. The van der Waals surface area contributed by atoms with Gasteiger partial charge in [0.15, 0.2) is 5.11 Å². The van der Waals surface area contributed by atoms with Crippen LogP contribution in [0.25, 0.3) is 0 Å². The van der Waals surface area contributed by atoms with Crippen molar-refractivity contribution >= 4 is 44.9 Å². The largest absolute Gasteiger partial charge is 0.492 e. The molecule has 0 bridgehead atoms. The number of ether oxygens (including phenoxy) is 1. The second kappa shape index (κ2) is 9.32. The molecule has 0 saturated heterocycles. The van der Waals surface area contributed by atoms with Crippen LogP contribution in [0.1, 0.15) is 29.8 Å². The molecule has 0 aliphatic rings. The molecule has 0 spiro atoms. The molecule has 7 heteroatoms. The van der Waals surface area contributed by atoms with E-state index in [1.165, 1.54) is 0 Å². The number of hydrogen-bond acceptors (Lipinski definition) is 4. The lowest BCUT2D eigenvalue weighted by Gasteiger charge is -2.14. The van der Waals surface area contributed by atoms with Gasteiger partial charge in [-0.05, 0) is 54.5 Å². The third kappa shape index (κ3) is 5.83. The third-order valence-corrected chi connectivity index (χ3v) is 3.93. The van der Waals surface area contributed by atoms with Crippen molar-refractivity contribution in [3.8, 4) is 11.8 Å². The minimum Gasteiger partial charge on any atom is -0.492 e. The lowest BCUT2D eigenvalue weighted by atomic mass is 10.2. The average molecular weight is 432 g/mol. The highest BCUT2D eigenvalue weighted by Crippen LogP contribution is 2.24. The Morgan fingerprint density at radius 2 is 2.08 bits per heavy atom. The van der Waals surface area contributed by atoms with Gasteiger partial charge >= 0.3 is 0 Å². The summed E-state index contributed by atoms with van der Waals surface area (Å²) in [6.45, 7) is 4.57. The Balaban J connectivity index is 2.09. The summed E-state index contributed by atoms with van der Waals surface area (Å²) in [5, 5.41) is 14.6. The SMILES string of the molecule is CC(C)COc1ccc(Br)cc1C(=O)NC(=S)Nc1cccc(C#N)c1. The van der Waals surface area contributed by atoms with Crippen LogP contribution in [0.2, 0.25) is 0 Å². The van der Waals surface area contributed by atoms with E-state index in [-0.39, 0.29) is 11.0 Å². The molecule has 134 valence electrons. The topological polar surface area (TPSA) is 74.2 Å². The Morgan fingerprint density at radius 3 is 2.77 bits per heavy atom. The number of benzene rings is 2. The van der Waals surface area contributed by atoms with E-state index in [0.29, 0.717) is 35.1 Å². The molecule has 0 radical (unpaired) electrons. The highest BCUT2D eigenvalue weighted by Gasteiger charge is 2.15. The minimum atomic E-state index is -0.376. The molecule has 0 atom stereocenters. The lowest BCUT2D eigenvalue weighted by molar-refractivity contribution is 0.0973. The smallest absolute Gasteiger partial charge is 0.261 e. The van der Waals surface area contributed by atoms with Crippen molar-refractivity contribution in [2.24, 2.45) is 5.92 Å². The van der Waals surface area contributed by atoms with E-state index >= 15 is 0 Å². The van der Waals surface area contributed by atoms with Crippen LogP contribution in [0.3, 0.4) is 0 Å². The van der Waals surface area contributed by atoms with Crippen molar-refractivity contribution in [1.82, 2.24) is 5.32 Å². The van der Waals surface area contributed by atoms with Crippen molar-refractivity contribution in [2.75, 3.05) is 11.9 Å². The van der Waals surface area contributed by atoms with Gasteiger partial charge < -0.3 is 10.1 Å². The molecule has 0 saturated carbocycles. The average Bonchev–Trinajstić information content (AvgIpc) is 2.60. The van der Waals surface area contributed by atoms with Gasteiger partial charge in [0.1, 0.15) is 5.75 Å². The Labute approximate surface area is 166 Å². The van der Waals surface area contributed by atoms with Crippen LogP contribution in [0.15, 0.2) is 46.9 Å². The van der Waals surface area contributed by atoms with E-state index < -0.39 is 0 Å². The number of anilines is 1. The van der Waals surface area contributed by atoms with Crippen molar-refractivity contribution in [3.05, 3.63) is 58.1 Å². The molecular formula is C19H18BrN3O2S. The van der Waals surface area contributed by atoms with E-state index in [2.05, 4.69) is 32.6 Å². The van der Waals surface area contributed by atoms with Crippen LogP contribution in [-0.4, -0.2) is 17.6 Å². The van der Waals surface area contributed by atoms with Gasteiger partial charge in [0.05, 0.1) is 23.8 Å². The summed E-state index contributed by atoms with van der Waals surface area (Å²) in [5.41, 5.74) is 1.51. The second-order valence-electron chi connectivity index (χ2n) is 5.95. The summed E-state index contributed by atoms with van der Waals surface area (Å²) in [6.07, 6.45) is 0. The van der Waals surface area contributed by atoms with Crippen LogP contribution in [0.4, 0.5) is 5.69 Å². The molecular weight excluding hydrogens is 414 g/mol. The fourth-order valence-corrected chi connectivity index (χ4v) is 2.63. The Kier molecular flexibility index (Phi) is 7.13. The minimum absolute atomic E-state index is 0.139. The molecule has 2 N–H and O–H groups in total. The number of nitrogens with one attached hydrogen (secondary N) is 2. The van der Waals surface area contributed by atoms with E-state index in [4.69, 9.17) is 22.2 Å². The van der Waals surface area contributed by atoms with Gasteiger partial charge in [-0.2, -0.15) is 5.26 Å². The molecule has 0 unspecified atom stereocenters. The van der Waals surface area contributed by atoms with E-state index in [0.717, 1.165) is 4.47 Å². The lowest BCUT2D eigenvalue weighted by Crippen LogP contribution is -2.34. The van der Waals surface area contributed by atoms with Gasteiger partial charge in [-0.3, -0.25) is 10.1 Å². The van der Waals surface area contributed by atoms with Crippen molar-refractivity contribution in [1.29, 1.82) is 5.26 Å².